The van der Waals surface area contributed by atoms with Crippen LogP contribution >= 0.6 is 0 Å². The van der Waals surface area contributed by atoms with Gasteiger partial charge in [0, 0.05) is 13.1 Å². The fraction of sp³-hybridized carbons (Fsp3) is 0.333. The van der Waals surface area contributed by atoms with Crippen LogP contribution in [0.1, 0.15) is 11.1 Å². The van der Waals surface area contributed by atoms with Crippen LogP contribution in [0.2, 0.25) is 0 Å². The Morgan fingerprint density at radius 3 is 2.42 bits per heavy atom. The lowest BCUT2D eigenvalue weighted by Crippen LogP contribution is -2.36. The van der Waals surface area contributed by atoms with E-state index < -0.39 is 10.0 Å². The molecule has 1 aliphatic rings. The van der Waals surface area contributed by atoms with Crippen molar-refractivity contribution < 1.29 is 13.2 Å². The van der Waals surface area contributed by atoms with Gasteiger partial charge in [-0.15, -0.1) is 0 Å². The van der Waals surface area contributed by atoms with Crippen molar-refractivity contribution in [1.29, 1.82) is 0 Å². The summed E-state index contributed by atoms with van der Waals surface area (Å²) in [5.74, 6) is 0. The van der Waals surface area contributed by atoms with E-state index >= 15 is 0 Å². The van der Waals surface area contributed by atoms with Gasteiger partial charge < -0.3 is 9.64 Å². The van der Waals surface area contributed by atoms with Crippen molar-refractivity contribution in [1.82, 2.24) is 0 Å². The summed E-state index contributed by atoms with van der Waals surface area (Å²) < 4.78 is 33.6. The highest BCUT2D eigenvalue weighted by molar-refractivity contribution is 7.92. The highest BCUT2D eigenvalue weighted by Gasteiger charge is 2.19. The lowest BCUT2D eigenvalue weighted by molar-refractivity contribution is 0.123. The molecule has 128 valence electrons. The van der Waals surface area contributed by atoms with E-state index in [1.807, 2.05) is 38.1 Å². The van der Waals surface area contributed by atoms with Gasteiger partial charge in [0.15, 0.2) is 0 Å². The molecule has 0 amide bonds. The number of para-hydroxylation sites is 2. The average Bonchev–Trinajstić information content (AvgIpc) is 2.58. The summed E-state index contributed by atoms with van der Waals surface area (Å²) in [6.07, 6.45) is 0. The quantitative estimate of drug-likeness (QED) is 0.925. The summed E-state index contributed by atoms with van der Waals surface area (Å²) in [6.45, 7) is 6.68. The smallest absolute Gasteiger partial charge is 0.261 e. The number of nitrogens with one attached hydrogen (secondary N) is 1. The van der Waals surface area contributed by atoms with Crippen LogP contribution in [0.3, 0.4) is 0 Å². The number of rotatable bonds is 4. The van der Waals surface area contributed by atoms with E-state index in [4.69, 9.17) is 4.74 Å². The molecule has 0 unspecified atom stereocenters. The Hall–Kier alpha value is -2.05. The number of benzene rings is 2. The monoisotopic (exact) mass is 346 g/mol. The Morgan fingerprint density at radius 2 is 1.71 bits per heavy atom. The molecule has 1 aliphatic heterocycles. The van der Waals surface area contributed by atoms with Gasteiger partial charge in [-0.2, -0.15) is 0 Å². The third-order valence-corrected chi connectivity index (χ3v) is 5.65. The summed E-state index contributed by atoms with van der Waals surface area (Å²) >= 11 is 0. The van der Waals surface area contributed by atoms with Gasteiger partial charge in [0.05, 0.1) is 29.5 Å². The zero-order chi connectivity index (χ0) is 17.2. The minimum Gasteiger partial charge on any atom is -0.378 e. The SMILES string of the molecule is Cc1ccc(S(=O)(=O)Nc2ccccc2N2CCOCC2)cc1C. The first-order valence-electron chi connectivity index (χ1n) is 7.99. The van der Waals surface area contributed by atoms with E-state index in [1.54, 1.807) is 18.2 Å². The van der Waals surface area contributed by atoms with Crippen LogP contribution in [0.25, 0.3) is 0 Å². The van der Waals surface area contributed by atoms with Gasteiger partial charge in [0.2, 0.25) is 0 Å². The zero-order valence-electron chi connectivity index (χ0n) is 14.0. The maximum Gasteiger partial charge on any atom is 0.261 e. The van der Waals surface area contributed by atoms with Gasteiger partial charge in [-0.05, 0) is 49.2 Å². The van der Waals surface area contributed by atoms with Crippen LogP contribution in [0.5, 0.6) is 0 Å². The molecule has 1 N–H and O–H groups in total. The zero-order valence-corrected chi connectivity index (χ0v) is 14.8. The predicted molar refractivity (Wildman–Crippen MR) is 96.2 cm³/mol. The lowest BCUT2D eigenvalue weighted by Gasteiger charge is -2.30. The van der Waals surface area contributed by atoms with E-state index in [9.17, 15) is 8.42 Å². The van der Waals surface area contributed by atoms with Crippen molar-refractivity contribution >= 4 is 21.4 Å². The molecule has 3 rings (SSSR count). The number of hydrogen-bond acceptors (Lipinski definition) is 4. The third-order valence-electron chi connectivity index (χ3n) is 4.29. The van der Waals surface area contributed by atoms with Crippen LogP contribution in [0.4, 0.5) is 11.4 Å². The van der Waals surface area contributed by atoms with Crippen LogP contribution in [0.15, 0.2) is 47.4 Å². The maximum absolute atomic E-state index is 12.7. The van der Waals surface area contributed by atoms with Crippen molar-refractivity contribution in [2.24, 2.45) is 0 Å². The van der Waals surface area contributed by atoms with Gasteiger partial charge in [0.1, 0.15) is 0 Å². The normalized spacial score (nSPS) is 15.3. The summed E-state index contributed by atoms with van der Waals surface area (Å²) in [5, 5.41) is 0. The largest absolute Gasteiger partial charge is 0.378 e. The Kier molecular flexibility index (Phi) is 4.78. The molecule has 0 aromatic heterocycles. The van der Waals surface area contributed by atoms with Crippen LogP contribution in [0, 0.1) is 13.8 Å². The molecule has 1 heterocycles. The van der Waals surface area contributed by atoms with Gasteiger partial charge >= 0.3 is 0 Å². The second-order valence-electron chi connectivity index (χ2n) is 5.97. The Labute approximate surface area is 143 Å². The molecule has 1 fully saturated rings. The molecule has 24 heavy (non-hydrogen) atoms. The van der Waals surface area contributed by atoms with Gasteiger partial charge in [-0.3, -0.25) is 4.72 Å². The summed E-state index contributed by atoms with van der Waals surface area (Å²) in [5.41, 5.74) is 3.51. The Bertz CT molecular complexity index is 828. The minimum absolute atomic E-state index is 0.280. The second kappa shape index (κ2) is 6.83. The first kappa shape index (κ1) is 16.8. The van der Waals surface area contributed by atoms with Gasteiger partial charge in [0.25, 0.3) is 10.0 Å². The predicted octanol–water partition coefficient (Wildman–Crippen LogP) is 2.94. The van der Waals surface area contributed by atoms with E-state index in [0.29, 0.717) is 18.9 Å². The van der Waals surface area contributed by atoms with E-state index in [0.717, 1.165) is 29.9 Å². The summed E-state index contributed by atoms with van der Waals surface area (Å²) in [7, 11) is -3.62. The van der Waals surface area contributed by atoms with Gasteiger partial charge in [-0.25, -0.2) is 8.42 Å². The van der Waals surface area contributed by atoms with Crippen molar-refractivity contribution in [3.8, 4) is 0 Å². The number of morpholine rings is 1. The second-order valence-corrected chi connectivity index (χ2v) is 7.65. The topological polar surface area (TPSA) is 58.6 Å². The number of sulfonamides is 1. The van der Waals surface area contributed by atoms with Crippen LogP contribution in [-0.4, -0.2) is 34.7 Å². The number of hydrogen-bond donors (Lipinski definition) is 1. The average molecular weight is 346 g/mol. The van der Waals surface area contributed by atoms with Crippen LogP contribution in [-0.2, 0) is 14.8 Å². The first-order chi connectivity index (χ1) is 11.5. The molecule has 2 aromatic rings. The first-order valence-corrected chi connectivity index (χ1v) is 9.47. The molecule has 5 nitrogen and oxygen atoms in total. The molecule has 0 saturated carbocycles. The number of anilines is 2. The molecule has 0 spiro atoms. The van der Waals surface area contributed by atoms with Crippen molar-refractivity contribution in [3.63, 3.8) is 0 Å². The van der Waals surface area contributed by atoms with E-state index in [1.165, 1.54) is 0 Å². The third kappa shape index (κ3) is 3.55. The minimum atomic E-state index is -3.62. The molecule has 6 heteroatoms. The molecule has 1 saturated heterocycles. The van der Waals surface area contributed by atoms with Crippen LogP contribution < -0.4 is 9.62 Å². The van der Waals surface area contributed by atoms with Gasteiger partial charge in [-0.1, -0.05) is 18.2 Å². The molecule has 0 aliphatic carbocycles. The number of aryl methyl sites for hydroxylation is 2. The standard InChI is InChI=1S/C18H22N2O3S/c1-14-7-8-16(13-15(14)2)24(21,22)19-17-5-3-4-6-18(17)20-9-11-23-12-10-20/h3-8,13,19H,9-12H2,1-2H3. The molecular weight excluding hydrogens is 324 g/mol. The van der Waals surface area contributed by atoms with Crippen molar-refractivity contribution in [2.75, 3.05) is 35.9 Å². The molecule has 0 atom stereocenters. The summed E-state index contributed by atoms with van der Waals surface area (Å²) in [4.78, 5) is 2.42. The fourth-order valence-electron chi connectivity index (χ4n) is 2.72. The van der Waals surface area contributed by atoms with Crippen molar-refractivity contribution in [2.45, 2.75) is 18.7 Å². The number of nitrogens with zero attached hydrogens (tertiary/aromatic N) is 1. The number of ether oxygens (including phenoxy) is 1. The Morgan fingerprint density at radius 1 is 1.00 bits per heavy atom. The molecule has 2 aromatic carbocycles. The van der Waals surface area contributed by atoms with Crippen molar-refractivity contribution in [3.05, 3.63) is 53.6 Å². The Balaban J connectivity index is 1.91. The highest BCUT2D eigenvalue weighted by atomic mass is 32.2. The molecular formula is C18H22N2O3S. The lowest BCUT2D eigenvalue weighted by atomic mass is 10.1. The molecule has 0 radical (unpaired) electrons. The fourth-order valence-corrected chi connectivity index (χ4v) is 3.88. The van der Waals surface area contributed by atoms with E-state index in [-0.39, 0.29) is 4.90 Å². The molecule has 0 bridgehead atoms. The highest BCUT2D eigenvalue weighted by Crippen LogP contribution is 2.29. The van der Waals surface area contributed by atoms with E-state index in [2.05, 4.69) is 9.62 Å². The summed E-state index contributed by atoms with van der Waals surface area (Å²) in [6, 6.07) is 12.7. The maximum atomic E-state index is 12.7.